The molecule has 1 aromatic rings. The predicted octanol–water partition coefficient (Wildman–Crippen LogP) is 1.78. The minimum absolute atomic E-state index is 0.0139. The van der Waals surface area contributed by atoms with Crippen LogP contribution in [0.4, 0.5) is 0 Å². The maximum Gasteiger partial charge on any atom is 0.329 e. The fraction of sp³-hybridized carbons (Fsp3) is 0.681. The van der Waals surface area contributed by atoms with Gasteiger partial charge in [-0.2, -0.15) is 0 Å². The van der Waals surface area contributed by atoms with Crippen molar-refractivity contribution in [2.45, 2.75) is 162 Å². The maximum atomic E-state index is 14.8. The lowest BCUT2D eigenvalue weighted by Gasteiger charge is -2.42. The third kappa shape index (κ3) is 13.0. The Morgan fingerprint density at radius 2 is 1.52 bits per heavy atom. The molecule has 8 unspecified atom stereocenters. The number of hydrogen-bond donors (Lipinski definition) is 7. The summed E-state index contributed by atoms with van der Waals surface area (Å²) in [5, 5.41) is 33.1. The molecule has 4 aliphatic rings. The van der Waals surface area contributed by atoms with Crippen LogP contribution in [0.2, 0.25) is 0 Å². The standard InChI is InChI=1S/C47H71N7O12/c1-11-26(7)36-46(65)66-28(9)37(51-40(59)32(17-18-35(56)57)48-39(58)25(5)6)43(62)49-33(21-24(3)4)41(60)52-47-19-20-54(44(63)31(47)23-47)38(27(8)12-2)45(64)53(10)34(42(61)50-36)22-29-13-15-30(55)16-14-29/h13-16,24-28,31-34,36-38,55H,11-12,17-23H2,1-10H3,(H,48,58)(H,49,62)(H,50,61)(H,51,59)(H,52,60)(H,56,57)/t26-,27?,28?,31?,32+,33?,34?,36?,37+,38?,47?/m1/s1. The molecular weight excluding hydrogens is 855 g/mol. The summed E-state index contributed by atoms with van der Waals surface area (Å²) in [7, 11) is 1.47. The monoisotopic (exact) mass is 926 g/mol. The number of carboxylic acid groups (broad SMARTS) is 1. The van der Waals surface area contributed by atoms with Gasteiger partial charge in [0.1, 0.15) is 48.1 Å². The molecule has 11 atom stereocenters. The summed E-state index contributed by atoms with van der Waals surface area (Å²) in [4.78, 5) is 128. The number of carbonyl (C=O) groups excluding carboxylic acids is 8. The number of nitrogens with zero attached hydrogens (tertiary/aromatic N) is 2. The molecule has 66 heavy (non-hydrogen) atoms. The number of benzene rings is 1. The van der Waals surface area contributed by atoms with Gasteiger partial charge in [0.15, 0.2) is 0 Å². The van der Waals surface area contributed by atoms with E-state index >= 15 is 0 Å². The van der Waals surface area contributed by atoms with Crippen LogP contribution in [-0.2, 0) is 54.3 Å². The van der Waals surface area contributed by atoms with Gasteiger partial charge in [0.2, 0.25) is 41.4 Å². The van der Waals surface area contributed by atoms with Gasteiger partial charge in [0.25, 0.3) is 0 Å². The van der Waals surface area contributed by atoms with Crippen molar-refractivity contribution in [1.29, 1.82) is 0 Å². The quantitative estimate of drug-likeness (QED) is 0.0981. The molecule has 1 aliphatic carbocycles. The van der Waals surface area contributed by atoms with Crippen LogP contribution in [0.3, 0.4) is 0 Å². The fourth-order valence-electron chi connectivity index (χ4n) is 8.61. The van der Waals surface area contributed by atoms with Gasteiger partial charge in [-0.1, -0.05) is 80.4 Å². The lowest BCUT2D eigenvalue weighted by Crippen LogP contribution is -2.63. The highest BCUT2D eigenvalue weighted by Crippen LogP contribution is 2.51. The number of ether oxygens (including phenoxy) is 1. The number of amides is 7. The van der Waals surface area contributed by atoms with Crippen LogP contribution in [0.15, 0.2) is 24.3 Å². The molecule has 2 bridgehead atoms. The van der Waals surface area contributed by atoms with Crippen LogP contribution in [-0.4, -0.2) is 135 Å². The lowest BCUT2D eigenvalue weighted by atomic mass is 9.91. The van der Waals surface area contributed by atoms with Gasteiger partial charge in [-0.15, -0.1) is 0 Å². The second-order valence-electron chi connectivity index (χ2n) is 19.2. The molecule has 19 heteroatoms. The van der Waals surface area contributed by atoms with E-state index in [0.717, 1.165) is 0 Å². The van der Waals surface area contributed by atoms with E-state index in [4.69, 9.17) is 4.74 Å². The summed E-state index contributed by atoms with van der Waals surface area (Å²) in [5.74, 6) is -9.13. The number of rotatable bonds is 15. The second kappa shape index (κ2) is 22.6. The Labute approximate surface area is 387 Å². The Kier molecular flexibility index (Phi) is 18.1. The van der Waals surface area contributed by atoms with Gasteiger partial charge < -0.3 is 51.3 Å². The first-order chi connectivity index (χ1) is 30.9. The molecule has 366 valence electrons. The average molecular weight is 926 g/mol. The van der Waals surface area contributed by atoms with Crippen molar-refractivity contribution in [2.24, 2.45) is 29.6 Å². The Morgan fingerprint density at radius 1 is 0.879 bits per heavy atom. The van der Waals surface area contributed by atoms with E-state index in [1.54, 1.807) is 39.8 Å². The van der Waals surface area contributed by atoms with Gasteiger partial charge >= 0.3 is 11.9 Å². The SMILES string of the molecule is CCC(C)C1C(=O)N(C)C(Cc2ccc(O)cc2)C(=O)NC([C@H](C)CC)C(=O)OC(C)[C@H](NC(=O)[C@H](CCC(=O)O)NC(=O)C(C)C)C(=O)NC(CC(C)C)C(=O)NC23CCN1C(=O)C2C3. The number of phenols is 1. The van der Waals surface area contributed by atoms with Gasteiger partial charge in [0.05, 0.1) is 11.5 Å². The zero-order valence-electron chi connectivity index (χ0n) is 40.0. The number of carbonyl (C=O) groups is 9. The molecule has 3 saturated heterocycles. The fourth-order valence-corrected chi connectivity index (χ4v) is 8.61. The van der Waals surface area contributed by atoms with E-state index in [9.17, 15) is 53.4 Å². The molecule has 19 nitrogen and oxygen atoms in total. The third-order valence-corrected chi connectivity index (χ3v) is 13.3. The molecule has 1 aromatic carbocycles. The normalized spacial score (nSPS) is 28.0. The minimum atomic E-state index is -1.72. The van der Waals surface area contributed by atoms with E-state index in [1.165, 1.54) is 35.9 Å². The number of aromatic hydroxyl groups is 1. The molecule has 4 fully saturated rings. The zero-order valence-corrected chi connectivity index (χ0v) is 40.0. The van der Waals surface area contributed by atoms with Crippen molar-refractivity contribution in [2.75, 3.05) is 13.6 Å². The molecule has 5 rings (SSSR count). The third-order valence-electron chi connectivity index (χ3n) is 13.3. The van der Waals surface area contributed by atoms with E-state index in [2.05, 4.69) is 26.6 Å². The summed E-state index contributed by atoms with van der Waals surface area (Å²) in [5.41, 5.74) is -0.368. The van der Waals surface area contributed by atoms with Gasteiger partial charge in [0, 0.05) is 32.4 Å². The second-order valence-corrected chi connectivity index (χ2v) is 19.2. The number of nitrogens with one attached hydrogen (secondary N) is 5. The number of fused-ring (bicyclic) bond motifs is 16. The van der Waals surface area contributed by atoms with Crippen molar-refractivity contribution < 1.29 is 58.1 Å². The Hall–Kier alpha value is -5.75. The van der Waals surface area contributed by atoms with Crippen LogP contribution in [0.25, 0.3) is 0 Å². The smallest absolute Gasteiger partial charge is 0.329 e. The minimum Gasteiger partial charge on any atom is -0.508 e. The summed E-state index contributed by atoms with van der Waals surface area (Å²) in [6, 6.07) is -1.81. The predicted molar refractivity (Wildman–Crippen MR) is 241 cm³/mol. The largest absolute Gasteiger partial charge is 0.508 e. The Balaban J connectivity index is 1.84. The first kappa shape index (κ1) is 52.9. The number of carboxylic acids is 1. The number of hydrogen-bond acceptors (Lipinski definition) is 11. The van der Waals surface area contributed by atoms with Gasteiger partial charge in [-0.05, 0) is 68.1 Å². The van der Waals surface area contributed by atoms with Crippen molar-refractivity contribution >= 4 is 53.3 Å². The summed E-state index contributed by atoms with van der Waals surface area (Å²) in [6.45, 7) is 15.5. The molecule has 1 spiro atoms. The van der Waals surface area contributed by atoms with Crippen molar-refractivity contribution in [3.63, 3.8) is 0 Å². The van der Waals surface area contributed by atoms with Crippen molar-refractivity contribution in [1.82, 2.24) is 36.4 Å². The number of likely N-dealkylation sites (N-methyl/N-ethyl adjacent to an activating group) is 1. The van der Waals surface area contributed by atoms with E-state index < -0.39 is 119 Å². The summed E-state index contributed by atoms with van der Waals surface area (Å²) >= 11 is 0. The zero-order chi connectivity index (χ0) is 49.4. The number of aliphatic carboxylic acids is 1. The van der Waals surface area contributed by atoms with Gasteiger partial charge in [-0.25, -0.2) is 4.79 Å². The van der Waals surface area contributed by atoms with Crippen LogP contribution in [0.1, 0.15) is 113 Å². The number of phenolic OH excluding ortho intramolecular Hbond substituents is 1. The molecule has 1 saturated carbocycles. The number of esters is 1. The summed E-state index contributed by atoms with van der Waals surface area (Å²) in [6.07, 6.45) is -0.789. The Morgan fingerprint density at radius 3 is 2.09 bits per heavy atom. The first-order valence-electron chi connectivity index (χ1n) is 23.3. The number of piperidine rings is 1. The maximum absolute atomic E-state index is 14.8. The molecular formula is C47H71N7O12. The molecule has 0 aromatic heterocycles. The highest BCUT2D eigenvalue weighted by molar-refractivity contribution is 5.98. The van der Waals surface area contributed by atoms with Crippen molar-refractivity contribution in [3.8, 4) is 5.75 Å². The molecule has 0 radical (unpaired) electrons. The van der Waals surface area contributed by atoms with E-state index in [-0.39, 0.29) is 49.3 Å². The molecule has 7 amide bonds. The Bertz CT molecular complexity index is 1980. The van der Waals surface area contributed by atoms with E-state index in [0.29, 0.717) is 31.2 Å². The first-order valence-corrected chi connectivity index (χ1v) is 23.3. The van der Waals surface area contributed by atoms with Crippen LogP contribution < -0.4 is 26.6 Å². The van der Waals surface area contributed by atoms with Crippen molar-refractivity contribution in [3.05, 3.63) is 29.8 Å². The summed E-state index contributed by atoms with van der Waals surface area (Å²) < 4.78 is 5.93. The van der Waals surface area contributed by atoms with E-state index in [1.807, 2.05) is 27.7 Å². The topological polar surface area (TPSA) is 270 Å². The van der Waals surface area contributed by atoms with Crippen LogP contribution in [0.5, 0.6) is 5.75 Å². The molecule has 3 heterocycles. The lowest BCUT2D eigenvalue weighted by molar-refractivity contribution is -0.158. The molecule has 7 N–H and O–H groups in total. The van der Waals surface area contributed by atoms with Crippen LogP contribution >= 0.6 is 0 Å². The highest BCUT2D eigenvalue weighted by atomic mass is 16.5. The highest BCUT2D eigenvalue weighted by Gasteiger charge is 2.64. The molecule has 3 aliphatic heterocycles. The van der Waals surface area contributed by atoms with Crippen LogP contribution in [0, 0.1) is 29.6 Å². The average Bonchev–Trinajstić information content (AvgIpc) is 3.99. The van der Waals surface area contributed by atoms with Gasteiger partial charge in [-0.3, -0.25) is 38.4 Å².